The summed E-state index contributed by atoms with van der Waals surface area (Å²) in [5, 5.41) is 0. The van der Waals surface area contributed by atoms with Crippen molar-refractivity contribution < 1.29 is 4.79 Å². The zero-order valence-electron chi connectivity index (χ0n) is 8.68. The van der Waals surface area contributed by atoms with Gasteiger partial charge in [-0.3, -0.25) is 9.78 Å². The van der Waals surface area contributed by atoms with Crippen LogP contribution < -0.4 is 5.73 Å². The molecule has 5 nitrogen and oxygen atoms in total. The van der Waals surface area contributed by atoms with Crippen LogP contribution in [0.2, 0.25) is 0 Å². The molecule has 2 rings (SSSR count). The predicted octanol–water partition coefficient (Wildman–Crippen LogP) is 0.683. The molecular formula is C10H14N4O. The van der Waals surface area contributed by atoms with Crippen LogP contribution in [0, 0.1) is 0 Å². The van der Waals surface area contributed by atoms with E-state index in [2.05, 4.69) is 9.97 Å². The van der Waals surface area contributed by atoms with E-state index in [9.17, 15) is 4.79 Å². The number of aromatic nitrogens is 2. The highest BCUT2D eigenvalue weighted by molar-refractivity contribution is 5.92. The van der Waals surface area contributed by atoms with Crippen LogP contribution in [0.15, 0.2) is 12.4 Å². The highest BCUT2D eigenvalue weighted by Gasteiger charge is 2.27. The maximum Gasteiger partial charge on any atom is 0.274 e. The SMILES string of the molecule is CN(C(=O)c1cncc(N)n1)C1CCC1. The molecule has 15 heavy (non-hydrogen) atoms. The highest BCUT2D eigenvalue weighted by atomic mass is 16.2. The van der Waals surface area contributed by atoms with Gasteiger partial charge >= 0.3 is 0 Å². The second-order valence-electron chi connectivity index (χ2n) is 3.83. The Hall–Kier alpha value is -1.65. The molecule has 1 heterocycles. The van der Waals surface area contributed by atoms with E-state index in [0.717, 1.165) is 12.8 Å². The van der Waals surface area contributed by atoms with E-state index in [-0.39, 0.29) is 11.7 Å². The van der Waals surface area contributed by atoms with Crippen LogP contribution in [0.1, 0.15) is 29.8 Å². The Kier molecular flexibility index (Phi) is 2.53. The average Bonchev–Trinajstić information content (AvgIpc) is 2.14. The van der Waals surface area contributed by atoms with Gasteiger partial charge in [-0.2, -0.15) is 0 Å². The van der Waals surface area contributed by atoms with E-state index in [4.69, 9.17) is 5.73 Å². The molecule has 1 aliphatic rings. The van der Waals surface area contributed by atoms with Crippen molar-refractivity contribution in [1.29, 1.82) is 0 Å². The summed E-state index contributed by atoms with van der Waals surface area (Å²) in [5.41, 5.74) is 5.80. The van der Waals surface area contributed by atoms with Crippen LogP contribution in [0.5, 0.6) is 0 Å². The lowest BCUT2D eigenvalue weighted by atomic mass is 9.92. The fourth-order valence-corrected chi connectivity index (χ4v) is 1.60. The van der Waals surface area contributed by atoms with Crippen molar-refractivity contribution in [1.82, 2.24) is 14.9 Å². The molecule has 2 N–H and O–H groups in total. The number of hydrogen-bond donors (Lipinski definition) is 1. The van der Waals surface area contributed by atoms with Crippen LogP contribution in [-0.4, -0.2) is 33.9 Å². The van der Waals surface area contributed by atoms with Gasteiger partial charge in [0.25, 0.3) is 5.91 Å². The summed E-state index contributed by atoms with van der Waals surface area (Å²) in [7, 11) is 1.80. The predicted molar refractivity (Wildman–Crippen MR) is 56.2 cm³/mol. The van der Waals surface area contributed by atoms with Crippen LogP contribution in [-0.2, 0) is 0 Å². The Morgan fingerprint density at radius 2 is 2.27 bits per heavy atom. The summed E-state index contributed by atoms with van der Waals surface area (Å²) < 4.78 is 0. The number of nitrogens with two attached hydrogens (primary N) is 1. The zero-order chi connectivity index (χ0) is 10.8. The molecule has 1 fully saturated rings. The number of hydrogen-bond acceptors (Lipinski definition) is 4. The van der Waals surface area contributed by atoms with Crippen molar-refractivity contribution in [2.24, 2.45) is 0 Å². The van der Waals surface area contributed by atoms with E-state index >= 15 is 0 Å². The summed E-state index contributed by atoms with van der Waals surface area (Å²) in [6, 6.07) is 0.362. The Morgan fingerprint density at radius 3 is 2.80 bits per heavy atom. The maximum atomic E-state index is 11.9. The van der Waals surface area contributed by atoms with Gasteiger partial charge in [-0.05, 0) is 19.3 Å². The van der Waals surface area contributed by atoms with Crippen LogP contribution in [0.3, 0.4) is 0 Å². The molecule has 1 saturated carbocycles. The van der Waals surface area contributed by atoms with E-state index in [1.54, 1.807) is 11.9 Å². The first-order chi connectivity index (χ1) is 7.18. The molecule has 1 aromatic heterocycles. The van der Waals surface area contributed by atoms with Gasteiger partial charge < -0.3 is 10.6 Å². The lowest BCUT2D eigenvalue weighted by Crippen LogP contribution is -2.41. The normalized spacial score (nSPS) is 15.8. The van der Waals surface area contributed by atoms with Crippen LogP contribution >= 0.6 is 0 Å². The molecule has 1 amide bonds. The van der Waals surface area contributed by atoms with Crippen LogP contribution in [0.25, 0.3) is 0 Å². The molecule has 0 atom stereocenters. The first kappa shape index (κ1) is 9.89. The van der Waals surface area contributed by atoms with Crippen molar-refractivity contribution in [3.8, 4) is 0 Å². The molecule has 0 saturated heterocycles. The van der Waals surface area contributed by atoms with Gasteiger partial charge in [0, 0.05) is 13.1 Å². The number of nitrogens with zero attached hydrogens (tertiary/aromatic N) is 3. The van der Waals surface area contributed by atoms with Crippen molar-refractivity contribution in [2.45, 2.75) is 25.3 Å². The quantitative estimate of drug-likeness (QED) is 0.772. The molecule has 0 spiro atoms. The Morgan fingerprint density at radius 1 is 1.53 bits per heavy atom. The van der Waals surface area contributed by atoms with Gasteiger partial charge in [-0.25, -0.2) is 4.98 Å². The molecular weight excluding hydrogens is 192 g/mol. The fourth-order valence-electron chi connectivity index (χ4n) is 1.60. The fraction of sp³-hybridized carbons (Fsp3) is 0.500. The lowest BCUT2D eigenvalue weighted by molar-refractivity contribution is 0.0645. The minimum Gasteiger partial charge on any atom is -0.382 e. The van der Waals surface area contributed by atoms with Gasteiger partial charge in [-0.1, -0.05) is 0 Å². The lowest BCUT2D eigenvalue weighted by Gasteiger charge is -2.34. The van der Waals surface area contributed by atoms with E-state index in [1.807, 2.05) is 0 Å². The molecule has 1 aliphatic carbocycles. The minimum atomic E-state index is -0.0977. The smallest absolute Gasteiger partial charge is 0.274 e. The van der Waals surface area contributed by atoms with Gasteiger partial charge in [0.2, 0.25) is 0 Å². The average molecular weight is 206 g/mol. The molecule has 0 radical (unpaired) electrons. The van der Waals surface area contributed by atoms with Crippen molar-refractivity contribution in [3.05, 3.63) is 18.1 Å². The molecule has 0 aromatic carbocycles. The van der Waals surface area contributed by atoms with Crippen molar-refractivity contribution in [3.63, 3.8) is 0 Å². The number of amides is 1. The standard InChI is InChI=1S/C10H14N4O/c1-14(7-3-2-4-7)10(15)8-5-12-6-9(11)13-8/h5-7H,2-4H2,1H3,(H2,11,13). The molecule has 0 aliphatic heterocycles. The third-order valence-corrected chi connectivity index (χ3v) is 2.82. The number of carbonyl (C=O) groups is 1. The van der Waals surface area contributed by atoms with Crippen molar-refractivity contribution in [2.75, 3.05) is 12.8 Å². The highest BCUT2D eigenvalue weighted by Crippen LogP contribution is 2.24. The summed E-state index contributed by atoms with van der Waals surface area (Å²) >= 11 is 0. The van der Waals surface area contributed by atoms with Gasteiger partial charge in [0.1, 0.15) is 11.5 Å². The van der Waals surface area contributed by atoms with Gasteiger partial charge in [0.05, 0.1) is 12.4 Å². The van der Waals surface area contributed by atoms with Crippen molar-refractivity contribution >= 4 is 11.7 Å². The molecule has 0 bridgehead atoms. The molecule has 5 heteroatoms. The zero-order valence-corrected chi connectivity index (χ0v) is 8.68. The maximum absolute atomic E-state index is 11.9. The number of rotatable bonds is 2. The van der Waals surface area contributed by atoms with Gasteiger partial charge in [-0.15, -0.1) is 0 Å². The van der Waals surface area contributed by atoms with E-state index in [0.29, 0.717) is 11.7 Å². The Bertz CT molecular complexity index is 375. The first-order valence-corrected chi connectivity index (χ1v) is 5.03. The summed E-state index contributed by atoms with van der Waals surface area (Å²) in [5.74, 6) is 0.183. The summed E-state index contributed by atoms with van der Waals surface area (Å²) in [4.78, 5) is 21.4. The number of carbonyl (C=O) groups excluding carboxylic acids is 1. The largest absolute Gasteiger partial charge is 0.382 e. The number of nitrogen functional groups attached to an aromatic ring is 1. The van der Waals surface area contributed by atoms with Crippen LogP contribution in [0.4, 0.5) is 5.82 Å². The molecule has 0 unspecified atom stereocenters. The third-order valence-electron chi connectivity index (χ3n) is 2.82. The minimum absolute atomic E-state index is 0.0977. The monoisotopic (exact) mass is 206 g/mol. The third kappa shape index (κ3) is 1.91. The Labute approximate surface area is 88.3 Å². The molecule has 80 valence electrons. The number of anilines is 1. The second kappa shape index (κ2) is 3.84. The van der Waals surface area contributed by atoms with E-state index in [1.165, 1.54) is 18.8 Å². The Balaban J connectivity index is 2.12. The first-order valence-electron chi connectivity index (χ1n) is 5.03. The van der Waals surface area contributed by atoms with Gasteiger partial charge in [0.15, 0.2) is 0 Å². The van der Waals surface area contributed by atoms with E-state index < -0.39 is 0 Å². The summed E-state index contributed by atoms with van der Waals surface area (Å²) in [6.45, 7) is 0. The second-order valence-corrected chi connectivity index (χ2v) is 3.83. The summed E-state index contributed by atoms with van der Waals surface area (Å²) in [6.07, 6.45) is 6.24. The molecule has 1 aromatic rings. The topological polar surface area (TPSA) is 72.1 Å².